The number of benzene rings is 2. The van der Waals surface area contributed by atoms with E-state index in [1.807, 2.05) is 30.3 Å². The van der Waals surface area contributed by atoms with Crippen molar-refractivity contribution < 1.29 is 19.1 Å². The summed E-state index contributed by atoms with van der Waals surface area (Å²) in [7, 11) is 0. The van der Waals surface area contributed by atoms with Crippen LogP contribution in [-0.2, 0) is 9.53 Å². The normalized spacial score (nSPS) is 10.3. The van der Waals surface area contributed by atoms with Gasteiger partial charge in [-0.1, -0.05) is 24.8 Å². The van der Waals surface area contributed by atoms with Gasteiger partial charge in [0.15, 0.2) is 0 Å². The zero-order valence-corrected chi connectivity index (χ0v) is 14.3. The lowest BCUT2D eigenvalue weighted by Gasteiger charge is -2.07. The van der Waals surface area contributed by atoms with Crippen molar-refractivity contribution in [3.63, 3.8) is 0 Å². The molecule has 134 valence electrons. The average molecular weight is 353 g/mol. The van der Waals surface area contributed by atoms with Gasteiger partial charge in [-0.2, -0.15) is 10.2 Å². The topological polar surface area (TPSA) is 89.3 Å². The Bertz CT molecular complexity index is 786. The number of carbonyl (C=O) groups is 2. The Balaban J connectivity index is 1.76. The van der Waals surface area contributed by atoms with Gasteiger partial charge in [0.2, 0.25) is 0 Å². The van der Waals surface area contributed by atoms with E-state index in [0.717, 1.165) is 5.69 Å². The van der Waals surface area contributed by atoms with Crippen LogP contribution in [0.5, 0.6) is 5.75 Å². The third-order valence-corrected chi connectivity index (χ3v) is 3.04. The molecule has 0 aromatic heterocycles. The highest BCUT2D eigenvalue weighted by molar-refractivity contribution is 5.86. The number of hydrogen-bond donors (Lipinski definition) is 1. The van der Waals surface area contributed by atoms with Crippen molar-refractivity contribution in [1.82, 2.24) is 5.32 Å². The lowest BCUT2D eigenvalue weighted by atomic mass is 10.3. The summed E-state index contributed by atoms with van der Waals surface area (Å²) in [6.45, 7) is 5.19. The monoisotopic (exact) mass is 353 g/mol. The van der Waals surface area contributed by atoms with E-state index in [2.05, 4.69) is 22.1 Å². The first kappa shape index (κ1) is 18.9. The Labute approximate surface area is 151 Å². The second kappa shape index (κ2) is 9.73. The third-order valence-electron chi connectivity index (χ3n) is 3.04. The van der Waals surface area contributed by atoms with Gasteiger partial charge in [-0.05, 0) is 43.3 Å². The summed E-state index contributed by atoms with van der Waals surface area (Å²) < 4.78 is 9.96. The second-order valence-electron chi connectivity index (χ2n) is 5.26. The van der Waals surface area contributed by atoms with E-state index in [0.29, 0.717) is 17.0 Å². The Morgan fingerprint density at radius 1 is 1.00 bits per heavy atom. The van der Waals surface area contributed by atoms with Crippen LogP contribution in [0.1, 0.15) is 6.92 Å². The fourth-order valence-electron chi connectivity index (χ4n) is 1.75. The van der Waals surface area contributed by atoms with Crippen LogP contribution in [0.15, 0.2) is 77.0 Å². The maximum atomic E-state index is 11.7. The summed E-state index contributed by atoms with van der Waals surface area (Å²) in [5.41, 5.74) is 1.69. The van der Waals surface area contributed by atoms with Crippen molar-refractivity contribution in [3.8, 4) is 5.75 Å². The molecule has 1 amide bonds. The maximum absolute atomic E-state index is 11.7. The highest BCUT2D eigenvalue weighted by Crippen LogP contribution is 2.21. The molecule has 26 heavy (non-hydrogen) atoms. The van der Waals surface area contributed by atoms with Crippen LogP contribution < -0.4 is 10.1 Å². The second-order valence-corrected chi connectivity index (χ2v) is 5.26. The van der Waals surface area contributed by atoms with E-state index < -0.39 is 12.1 Å². The summed E-state index contributed by atoms with van der Waals surface area (Å²) in [4.78, 5) is 22.8. The quantitative estimate of drug-likeness (QED) is 0.348. The maximum Gasteiger partial charge on any atom is 0.412 e. The molecular weight excluding hydrogens is 334 g/mol. The van der Waals surface area contributed by atoms with Crippen molar-refractivity contribution in [2.75, 3.05) is 13.2 Å². The molecule has 2 aromatic rings. The number of hydrogen-bond acceptors (Lipinski definition) is 6. The number of carbonyl (C=O) groups excluding carboxylic acids is 2. The minimum atomic E-state index is -0.643. The highest BCUT2D eigenvalue weighted by atomic mass is 16.6. The molecule has 2 aromatic carbocycles. The first-order valence-electron chi connectivity index (χ1n) is 7.90. The van der Waals surface area contributed by atoms with Gasteiger partial charge in [-0.15, -0.1) is 0 Å². The van der Waals surface area contributed by atoms with Gasteiger partial charge >= 0.3 is 12.1 Å². The average Bonchev–Trinajstić information content (AvgIpc) is 2.65. The molecule has 0 spiro atoms. The van der Waals surface area contributed by atoms with Crippen molar-refractivity contribution in [1.29, 1.82) is 0 Å². The molecule has 0 aliphatic carbocycles. The number of azo groups is 1. The predicted molar refractivity (Wildman–Crippen MR) is 96.9 cm³/mol. The Hall–Kier alpha value is -3.48. The Kier molecular flexibility index (Phi) is 7.05. The lowest BCUT2D eigenvalue weighted by Crippen LogP contribution is -2.30. The SMILES string of the molecule is C=C(C)C(=O)OCCNC(=O)Oc1ccc(N=Nc2ccccc2)cc1. The number of rotatable bonds is 7. The smallest absolute Gasteiger partial charge is 0.412 e. The zero-order valence-electron chi connectivity index (χ0n) is 14.3. The molecule has 0 radical (unpaired) electrons. The Morgan fingerprint density at radius 3 is 2.23 bits per heavy atom. The number of nitrogens with zero attached hydrogens (tertiary/aromatic N) is 2. The standard InChI is InChI=1S/C19H19N3O4/c1-14(2)18(23)25-13-12-20-19(24)26-17-10-8-16(9-11-17)22-21-15-6-4-3-5-7-15/h3-11H,1,12-13H2,2H3,(H,20,24). The van der Waals surface area contributed by atoms with E-state index in [1.165, 1.54) is 0 Å². The van der Waals surface area contributed by atoms with E-state index in [1.54, 1.807) is 31.2 Å². The van der Waals surface area contributed by atoms with Crippen molar-refractivity contribution >= 4 is 23.4 Å². The van der Waals surface area contributed by atoms with Crippen LogP contribution in [0.3, 0.4) is 0 Å². The number of esters is 1. The molecule has 7 heteroatoms. The minimum Gasteiger partial charge on any atom is -0.460 e. The molecule has 0 saturated heterocycles. The van der Waals surface area contributed by atoms with E-state index >= 15 is 0 Å². The van der Waals surface area contributed by atoms with Crippen LogP contribution in [0, 0.1) is 0 Å². The van der Waals surface area contributed by atoms with E-state index in [-0.39, 0.29) is 13.2 Å². The molecule has 0 unspecified atom stereocenters. The summed E-state index contributed by atoms with van der Waals surface area (Å²) in [5.74, 6) is -0.138. The number of ether oxygens (including phenoxy) is 2. The largest absolute Gasteiger partial charge is 0.460 e. The summed E-state index contributed by atoms with van der Waals surface area (Å²) in [6, 6.07) is 15.9. The first-order valence-corrected chi connectivity index (χ1v) is 7.90. The number of nitrogens with one attached hydrogen (secondary N) is 1. The van der Waals surface area contributed by atoms with Crippen molar-refractivity contribution in [2.45, 2.75) is 6.92 Å². The molecule has 0 fully saturated rings. The summed E-state index contributed by atoms with van der Waals surface area (Å²) in [5, 5.41) is 10.7. The minimum absolute atomic E-state index is 0.0413. The van der Waals surface area contributed by atoms with Gasteiger partial charge in [0, 0.05) is 5.57 Å². The van der Waals surface area contributed by atoms with Crippen molar-refractivity contribution in [3.05, 3.63) is 66.7 Å². The van der Waals surface area contributed by atoms with Crippen LogP contribution in [0.25, 0.3) is 0 Å². The van der Waals surface area contributed by atoms with Gasteiger partial charge < -0.3 is 14.8 Å². The van der Waals surface area contributed by atoms with Gasteiger partial charge in [-0.25, -0.2) is 9.59 Å². The van der Waals surface area contributed by atoms with E-state index in [9.17, 15) is 9.59 Å². The molecule has 0 heterocycles. The molecule has 0 aliphatic rings. The molecule has 2 rings (SSSR count). The van der Waals surface area contributed by atoms with Crippen LogP contribution in [0.4, 0.5) is 16.2 Å². The molecule has 1 N–H and O–H groups in total. The van der Waals surface area contributed by atoms with Gasteiger partial charge in [-0.3, -0.25) is 0 Å². The number of amides is 1. The molecule has 0 bridgehead atoms. The zero-order chi connectivity index (χ0) is 18.8. The van der Waals surface area contributed by atoms with Gasteiger partial charge in [0.05, 0.1) is 17.9 Å². The van der Waals surface area contributed by atoms with Gasteiger partial charge in [0.25, 0.3) is 0 Å². The molecule has 0 aliphatic heterocycles. The molecule has 0 saturated carbocycles. The fourth-order valence-corrected chi connectivity index (χ4v) is 1.75. The summed E-state index contributed by atoms with van der Waals surface area (Å²) >= 11 is 0. The first-order chi connectivity index (χ1) is 12.5. The predicted octanol–water partition coefficient (Wildman–Crippen LogP) is 4.31. The van der Waals surface area contributed by atoms with Gasteiger partial charge in [0.1, 0.15) is 12.4 Å². The molecule has 0 atom stereocenters. The van der Waals surface area contributed by atoms with Crippen molar-refractivity contribution in [2.24, 2.45) is 10.2 Å². The van der Waals surface area contributed by atoms with Crippen LogP contribution >= 0.6 is 0 Å². The van der Waals surface area contributed by atoms with Crippen LogP contribution in [0.2, 0.25) is 0 Å². The molecular formula is C19H19N3O4. The fraction of sp³-hybridized carbons (Fsp3) is 0.158. The highest BCUT2D eigenvalue weighted by Gasteiger charge is 2.06. The lowest BCUT2D eigenvalue weighted by molar-refractivity contribution is -0.138. The Morgan fingerprint density at radius 2 is 1.62 bits per heavy atom. The molecule has 7 nitrogen and oxygen atoms in total. The third kappa shape index (κ3) is 6.56. The van der Waals surface area contributed by atoms with E-state index in [4.69, 9.17) is 9.47 Å². The van der Waals surface area contributed by atoms with Crippen LogP contribution in [-0.4, -0.2) is 25.2 Å². The summed E-state index contributed by atoms with van der Waals surface area (Å²) in [6.07, 6.45) is -0.643.